The highest BCUT2D eigenvalue weighted by Gasteiger charge is 2.43. The zero-order valence-corrected chi connectivity index (χ0v) is 12.3. The molecule has 0 aromatic carbocycles. The van der Waals surface area contributed by atoms with E-state index in [0.717, 1.165) is 22.4 Å². The largest absolute Gasteiger partial charge is 0.300 e. The van der Waals surface area contributed by atoms with Crippen LogP contribution in [0.15, 0.2) is 17.0 Å². The standard InChI is InChI=1S/C13H17N3OS2/c1-2-5-18-13-16-15-12(19-13)14-11(17)10-7-8-3-4-9(10)6-8/h2,8-10H,1,3-7H2,(H,14,15,17)/t8-,9-,10-/m0/s1. The number of rotatable bonds is 5. The van der Waals surface area contributed by atoms with Gasteiger partial charge in [0.25, 0.3) is 0 Å². The maximum atomic E-state index is 12.2. The SMILES string of the molecule is C=CCSc1nnc(NC(=O)[C@H]2C[C@H]3CC[C@H]2C3)s1. The quantitative estimate of drug-likeness (QED) is 0.515. The first-order chi connectivity index (χ1) is 9.26. The minimum atomic E-state index is 0.142. The van der Waals surface area contributed by atoms with Crippen molar-refractivity contribution >= 4 is 34.1 Å². The third-order valence-electron chi connectivity index (χ3n) is 4.04. The maximum absolute atomic E-state index is 12.2. The summed E-state index contributed by atoms with van der Waals surface area (Å²) in [5, 5.41) is 11.6. The van der Waals surface area contributed by atoms with Crippen molar-refractivity contribution in [2.24, 2.45) is 17.8 Å². The number of carbonyl (C=O) groups excluding carboxylic acids is 1. The molecule has 2 fully saturated rings. The second-order valence-electron chi connectivity index (χ2n) is 5.24. The Kier molecular flexibility index (Phi) is 3.88. The average molecular weight is 295 g/mol. The number of anilines is 1. The Morgan fingerprint density at radius 2 is 2.37 bits per heavy atom. The fourth-order valence-corrected chi connectivity index (χ4v) is 4.73. The molecule has 2 aliphatic carbocycles. The third-order valence-corrected chi connectivity index (χ3v) is 6.00. The summed E-state index contributed by atoms with van der Waals surface area (Å²) < 4.78 is 0.878. The number of amides is 1. The van der Waals surface area contributed by atoms with Gasteiger partial charge in [0.1, 0.15) is 0 Å². The fraction of sp³-hybridized carbons (Fsp3) is 0.615. The molecule has 0 radical (unpaired) electrons. The van der Waals surface area contributed by atoms with Crippen molar-refractivity contribution in [2.75, 3.05) is 11.1 Å². The molecule has 2 saturated carbocycles. The van der Waals surface area contributed by atoms with Crippen molar-refractivity contribution in [1.29, 1.82) is 0 Å². The van der Waals surface area contributed by atoms with Crippen LogP contribution in [0.4, 0.5) is 5.13 Å². The lowest BCUT2D eigenvalue weighted by Gasteiger charge is -2.19. The molecular formula is C13H17N3OS2. The van der Waals surface area contributed by atoms with Gasteiger partial charge in [0.2, 0.25) is 11.0 Å². The van der Waals surface area contributed by atoms with Crippen molar-refractivity contribution < 1.29 is 4.79 Å². The molecule has 102 valence electrons. The van der Waals surface area contributed by atoms with Crippen LogP contribution in [-0.4, -0.2) is 21.9 Å². The van der Waals surface area contributed by atoms with E-state index in [4.69, 9.17) is 0 Å². The molecule has 2 bridgehead atoms. The highest BCUT2D eigenvalue weighted by Crippen LogP contribution is 2.48. The van der Waals surface area contributed by atoms with Crippen LogP contribution < -0.4 is 5.32 Å². The highest BCUT2D eigenvalue weighted by molar-refractivity contribution is 8.01. The normalized spacial score (nSPS) is 28.5. The van der Waals surface area contributed by atoms with Gasteiger partial charge in [-0.3, -0.25) is 4.79 Å². The zero-order chi connectivity index (χ0) is 13.2. The predicted octanol–water partition coefficient (Wildman–Crippen LogP) is 3.19. The van der Waals surface area contributed by atoms with E-state index in [2.05, 4.69) is 22.1 Å². The molecule has 0 spiro atoms. The summed E-state index contributed by atoms with van der Waals surface area (Å²) in [6.07, 6.45) is 6.68. The van der Waals surface area contributed by atoms with Gasteiger partial charge in [-0.2, -0.15) is 0 Å². The molecule has 2 aliphatic rings. The minimum Gasteiger partial charge on any atom is -0.300 e. The Hall–Kier alpha value is -0.880. The van der Waals surface area contributed by atoms with Crippen molar-refractivity contribution in [3.63, 3.8) is 0 Å². The summed E-state index contributed by atoms with van der Waals surface area (Å²) in [4.78, 5) is 12.2. The van der Waals surface area contributed by atoms with Crippen LogP contribution in [0.3, 0.4) is 0 Å². The van der Waals surface area contributed by atoms with Crippen molar-refractivity contribution in [3.05, 3.63) is 12.7 Å². The number of carbonyl (C=O) groups is 1. The first-order valence-corrected chi connectivity index (χ1v) is 8.44. The van der Waals surface area contributed by atoms with Crippen molar-refractivity contribution in [2.45, 2.75) is 30.0 Å². The number of hydrogen-bond acceptors (Lipinski definition) is 5. The van der Waals surface area contributed by atoms with Crippen LogP contribution in [0.5, 0.6) is 0 Å². The van der Waals surface area contributed by atoms with Gasteiger partial charge in [0.15, 0.2) is 4.34 Å². The molecule has 0 unspecified atom stereocenters. The molecule has 4 nitrogen and oxygen atoms in total. The van der Waals surface area contributed by atoms with Crippen LogP contribution >= 0.6 is 23.1 Å². The molecule has 1 amide bonds. The van der Waals surface area contributed by atoms with Crippen molar-refractivity contribution in [3.8, 4) is 0 Å². The number of fused-ring (bicyclic) bond motifs is 2. The van der Waals surface area contributed by atoms with Crippen molar-refractivity contribution in [1.82, 2.24) is 10.2 Å². The number of aromatic nitrogens is 2. The molecule has 1 aromatic rings. The van der Waals surface area contributed by atoms with E-state index in [-0.39, 0.29) is 11.8 Å². The van der Waals surface area contributed by atoms with Gasteiger partial charge in [-0.1, -0.05) is 35.6 Å². The number of nitrogens with zero attached hydrogens (tertiary/aromatic N) is 2. The van der Waals surface area contributed by atoms with Gasteiger partial charge in [0, 0.05) is 11.7 Å². The Bertz CT molecular complexity index is 488. The van der Waals surface area contributed by atoms with Gasteiger partial charge in [-0.15, -0.1) is 16.8 Å². The van der Waals surface area contributed by atoms with Crippen LogP contribution in [0.2, 0.25) is 0 Å². The predicted molar refractivity (Wildman–Crippen MR) is 78.4 cm³/mol. The third kappa shape index (κ3) is 2.84. The van der Waals surface area contributed by atoms with Gasteiger partial charge >= 0.3 is 0 Å². The summed E-state index contributed by atoms with van der Waals surface area (Å²) in [5.41, 5.74) is 0. The van der Waals surface area contributed by atoms with Crippen LogP contribution in [0.1, 0.15) is 25.7 Å². The maximum Gasteiger partial charge on any atom is 0.229 e. The van der Waals surface area contributed by atoms with Crippen LogP contribution in [-0.2, 0) is 4.79 Å². The Labute approximate surface area is 121 Å². The molecule has 3 rings (SSSR count). The monoisotopic (exact) mass is 295 g/mol. The Morgan fingerprint density at radius 3 is 3.05 bits per heavy atom. The first-order valence-electron chi connectivity index (χ1n) is 6.64. The first kappa shape index (κ1) is 13.1. The molecular weight excluding hydrogens is 278 g/mol. The number of thioether (sulfide) groups is 1. The van der Waals surface area contributed by atoms with E-state index in [1.54, 1.807) is 11.8 Å². The lowest BCUT2D eigenvalue weighted by molar-refractivity contribution is -0.121. The average Bonchev–Trinajstić information content (AvgIpc) is 3.12. The molecule has 19 heavy (non-hydrogen) atoms. The number of hydrogen-bond donors (Lipinski definition) is 1. The molecule has 1 heterocycles. The van der Waals surface area contributed by atoms with Gasteiger partial charge in [0.05, 0.1) is 0 Å². The second-order valence-corrected chi connectivity index (χ2v) is 7.49. The van der Waals surface area contributed by atoms with E-state index >= 15 is 0 Å². The Morgan fingerprint density at radius 1 is 1.47 bits per heavy atom. The smallest absolute Gasteiger partial charge is 0.229 e. The van der Waals surface area contributed by atoms with Gasteiger partial charge in [-0.25, -0.2) is 0 Å². The summed E-state index contributed by atoms with van der Waals surface area (Å²) in [5.74, 6) is 2.55. The number of nitrogens with one attached hydrogen (secondary N) is 1. The van der Waals surface area contributed by atoms with E-state index < -0.39 is 0 Å². The van der Waals surface area contributed by atoms with E-state index in [0.29, 0.717) is 11.0 Å². The van der Waals surface area contributed by atoms with Gasteiger partial charge in [-0.05, 0) is 31.1 Å². The van der Waals surface area contributed by atoms with E-state index in [1.807, 2.05) is 6.08 Å². The summed E-state index contributed by atoms with van der Waals surface area (Å²) in [7, 11) is 0. The highest BCUT2D eigenvalue weighted by atomic mass is 32.2. The van der Waals surface area contributed by atoms with E-state index in [9.17, 15) is 4.79 Å². The molecule has 0 aliphatic heterocycles. The summed E-state index contributed by atoms with van der Waals surface area (Å²) in [6.45, 7) is 3.67. The lowest BCUT2D eigenvalue weighted by atomic mass is 9.88. The summed E-state index contributed by atoms with van der Waals surface area (Å²) in [6, 6.07) is 0. The molecule has 3 atom stereocenters. The molecule has 1 aromatic heterocycles. The minimum absolute atomic E-state index is 0.142. The topological polar surface area (TPSA) is 54.9 Å². The second kappa shape index (κ2) is 5.63. The summed E-state index contributed by atoms with van der Waals surface area (Å²) >= 11 is 3.03. The molecule has 0 saturated heterocycles. The molecule has 6 heteroatoms. The fourth-order valence-electron chi connectivity index (χ4n) is 3.21. The zero-order valence-electron chi connectivity index (χ0n) is 10.7. The Balaban J connectivity index is 1.57. The lowest BCUT2D eigenvalue weighted by Crippen LogP contribution is -2.27. The van der Waals surface area contributed by atoms with Gasteiger partial charge < -0.3 is 5.32 Å². The van der Waals surface area contributed by atoms with E-state index in [1.165, 1.54) is 30.6 Å². The molecule has 1 N–H and O–H groups in total. The van der Waals surface area contributed by atoms with Crippen LogP contribution in [0.25, 0.3) is 0 Å². The van der Waals surface area contributed by atoms with Crippen LogP contribution in [0, 0.1) is 17.8 Å².